The molecule has 0 aromatic heterocycles. The molecule has 0 radical (unpaired) electrons. The Kier molecular flexibility index (Phi) is 6.83. The quantitative estimate of drug-likeness (QED) is 0.479. The van der Waals surface area contributed by atoms with Gasteiger partial charge in [0.2, 0.25) is 0 Å². The van der Waals surface area contributed by atoms with E-state index in [0.29, 0.717) is 30.1 Å². The molecule has 0 atom stereocenters. The first-order valence-corrected chi connectivity index (χ1v) is 10.6. The van der Waals surface area contributed by atoms with Crippen LogP contribution in [-0.4, -0.2) is 29.4 Å². The number of benzene rings is 3. The molecule has 0 aliphatic carbocycles. The normalized spacial score (nSPS) is 13.7. The number of hydrogen-bond donors (Lipinski definition) is 1. The number of rotatable bonds is 7. The number of aromatic hydroxyl groups is 1. The van der Waals surface area contributed by atoms with Crippen molar-refractivity contribution in [1.82, 2.24) is 4.90 Å². The van der Waals surface area contributed by atoms with Crippen molar-refractivity contribution in [2.75, 3.05) is 13.7 Å². The zero-order valence-electron chi connectivity index (χ0n) is 18.2. The highest BCUT2D eigenvalue weighted by atomic mass is 19.1. The van der Waals surface area contributed by atoms with E-state index in [9.17, 15) is 13.9 Å². The second-order valence-electron chi connectivity index (χ2n) is 7.72. The lowest BCUT2D eigenvalue weighted by Gasteiger charge is -2.24. The molecule has 168 valence electrons. The van der Waals surface area contributed by atoms with E-state index in [1.165, 1.54) is 37.4 Å². The van der Waals surface area contributed by atoms with Gasteiger partial charge in [0.05, 0.1) is 19.4 Å². The Morgan fingerprint density at radius 2 is 1.73 bits per heavy atom. The topological polar surface area (TPSA) is 45.1 Å². The van der Waals surface area contributed by atoms with Gasteiger partial charge in [-0.25, -0.2) is 8.78 Å². The number of aliphatic imine (C=N–C) groups is 1. The largest absolute Gasteiger partial charge is 0.507 e. The molecule has 6 heteroatoms. The van der Waals surface area contributed by atoms with Crippen molar-refractivity contribution in [3.05, 3.63) is 119 Å². The second-order valence-corrected chi connectivity index (χ2v) is 7.72. The number of nitrogens with zero attached hydrogens (tertiary/aromatic N) is 2. The molecule has 1 heterocycles. The van der Waals surface area contributed by atoms with Gasteiger partial charge in [-0.05, 0) is 47.5 Å². The third kappa shape index (κ3) is 5.66. The van der Waals surface area contributed by atoms with E-state index in [1.54, 1.807) is 30.3 Å². The Morgan fingerprint density at radius 3 is 2.42 bits per heavy atom. The van der Waals surface area contributed by atoms with Crippen LogP contribution in [0, 0.1) is 11.6 Å². The van der Waals surface area contributed by atoms with Gasteiger partial charge in [-0.1, -0.05) is 36.4 Å². The predicted octanol–water partition coefficient (Wildman–Crippen LogP) is 5.62. The van der Waals surface area contributed by atoms with Gasteiger partial charge < -0.3 is 14.7 Å². The summed E-state index contributed by atoms with van der Waals surface area (Å²) < 4.78 is 32.5. The van der Waals surface area contributed by atoms with E-state index in [0.717, 1.165) is 16.7 Å². The summed E-state index contributed by atoms with van der Waals surface area (Å²) in [6.07, 6.45) is 5.88. The van der Waals surface area contributed by atoms with Crippen LogP contribution in [-0.2, 0) is 13.1 Å². The van der Waals surface area contributed by atoms with Crippen molar-refractivity contribution in [3.8, 4) is 11.5 Å². The lowest BCUT2D eigenvalue weighted by molar-refractivity contribution is 0.402. The molecule has 33 heavy (non-hydrogen) atoms. The molecule has 1 N–H and O–H groups in total. The molecule has 0 unspecified atom stereocenters. The highest BCUT2D eigenvalue weighted by molar-refractivity contribution is 6.16. The Hall–Kier alpha value is -3.93. The molecule has 0 fully saturated rings. The summed E-state index contributed by atoms with van der Waals surface area (Å²) in [5, 5.41) is 10.7. The molecule has 0 saturated carbocycles. The van der Waals surface area contributed by atoms with Crippen molar-refractivity contribution in [2.24, 2.45) is 4.99 Å². The van der Waals surface area contributed by atoms with Gasteiger partial charge in [-0.3, -0.25) is 4.99 Å². The summed E-state index contributed by atoms with van der Waals surface area (Å²) >= 11 is 0. The molecule has 4 nitrogen and oxygen atoms in total. The van der Waals surface area contributed by atoms with E-state index >= 15 is 0 Å². The van der Waals surface area contributed by atoms with Gasteiger partial charge in [0.15, 0.2) is 0 Å². The van der Waals surface area contributed by atoms with Crippen molar-refractivity contribution >= 4 is 5.71 Å². The van der Waals surface area contributed by atoms with Crippen molar-refractivity contribution in [3.63, 3.8) is 0 Å². The molecule has 3 aromatic rings. The standard InChI is InChI=1S/C27H24F2N2O2/c1-33-24-10-11-25(26(32)15-24)27(30-16-19-5-2-8-22(28)13-19)21-7-4-12-31(18-21)17-20-6-3-9-23(29)14-20/h2-11,13-15,18,32H,12,16-17H2,1H3. The first kappa shape index (κ1) is 22.3. The molecule has 0 bridgehead atoms. The SMILES string of the molecule is COc1ccc(C(=NCc2cccc(F)c2)C2=CN(Cc3cccc(F)c3)CC=C2)c(O)c1. The van der Waals surface area contributed by atoms with Gasteiger partial charge >= 0.3 is 0 Å². The van der Waals surface area contributed by atoms with Gasteiger partial charge in [0, 0.05) is 36.5 Å². The Morgan fingerprint density at radius 1 is 1.00 bits per heavy atom. The number of phenolic OH excluding ortho intramolecular Hbond substituents is 1. The first-order valence-electron chi connectivity index (χ1n) is 10.6. The maximum absolute atomic E-state index is 13.6. The van der Waals surface area contributed by atoms with E-state index in [4.69, 9.17) is 9.73 Å². The zero-order chi connectivity index (χ0) is 23.2. The minimum absolute atomic E-state index is 0.0314. The lowest BCUT2D eigenvalue weighted by Crippen LogP contribution is -2.22. The molecule has 1 aliphatic rings. The van der Waals surface area contributed by atoms with E-state index < -0.39 is 0 Å². The number of methoxy groups -OCH3 is 1. The van der Waals surface area contributed by atoms with Crippen LogP contribution in [0.5, 0.6) is 11.5 Å². The molecule has 4 rings (SSSR count). The molecular formula is C27H24F2N2O2. The van der Waals surface area contributed by atoms with Gasteiger partial charge in [0.1, 0.15) is 23.1 Å². The smallest absolute Gasteiger partial charge is 0.128 e. The lowest BCUT2D eigenvalue weighted by atomic mass is 9.99. The van der Waals surface area contributed by atoms with Crippen LogP contribution in [0.15, 0.2) is 95.6 Å². The Bertz CT molecular complexity index is 1230. The average molecular weight is 446 g/mol. The maximum atomic E-state index is 13.6. The summed E-state index contributed by atoms with van der Waals surface area (Å²) in [7, 11) is 1.53. The van der Waals surface area contributed by atoms with Crippen molar-refractivity contribution in [1.29, 1.82) is 0 Å². The number of ether oxygens (including phenoxy) is 1. The fourth-order valence-electron chi connectivity index (χ4n) is 3.70. The number of halogens is 2. The number of allylic oxidation sites excluding steroid dienone is 2. The third-order valence-electron chi connectivity index (χ3n) is 5.28. The summed E-state index contributed by atoms with van der Waals surface area (Å²) in [6.45, 7) is 1.43. The maximum Gasteiger partial charge on any atom is 0.128 e. The fraction of sp³-hybridized carbons (Fsp3) is 0.148. The van der Waals surface area contributed by atoms with Crippen LogP contribution in [0.3, 0.4) is 0 Å². The minimum atomic E-state index is -0.324. The molecule has 0 saturated heterocycles. The highest BCUT2D eigenvalue weighted by Gasteiger charge is 2.17. The van der Waals surface area contributed by atoms with Gasteiger partial charge in [0.25, 0.3) is 0 Å². The monoisotopic (exact) mass is 446 g/mol. The number of phenols is 1. The minimum Gasteiger partial charge on any atom is -0.507 e. The van der Waals surface area contributed by atoms with Gasteiger partial charge in [-0.15, -0.1) is 0 Å². The Balaban J connectivity index is 1.69. The summed E-state index contributed by atoms with van der Waals surface area (Å²) in [5.41, 5.74) is 3.47. The molecular weight excluding hydrogens is 422 g/mol. The van der Waals surface area contributed by atoms with E-state index in [1.807, 2.05) is 29.3 Å². The van der Waals surface area contributed by atoms with Crippen molar-refractivity contribution in [2.45, 2.75) is 13.1 Å². The van der Waals surface area contributed by atoms with Crippen LogP contribution in [0.2, 0.25) is 0 Å². The average Bonchev–Trinajstić information content (AvgIpc) is 2.80. The number of hydrogen-bond acceptors (Lipinski definition) is 4. The van der Waals surface area contributed by atoms with Crippen LogP contribution in [0.4, 0.5) is 8.78 Å². The second kappa shape index (κ2) is 10.1. The zero-order valence-corrected chi connectivity index (χ0v) is 18.2. The van der Waals surface area contributed by atoms with Crippen LogP contribution >= 0.6 is 0 Å². The summed E-state index contributed by atoms with van der Waals surface area (Å²) in [5.74, 6) is -0.0372. The van der Waals surface area contributed by atoms with Gasteiger partial charge in [-0.2, -0.15) is 0 Å². The molecule has 1 aliphatic heterocycles. The van der Waals surface area contributed by atoms with Crippen molar-refractivity contribution < 1.29 is 18.6 Å². The first-order chi connectivity index (χ1) is 16.0. The van der Waals surface area contributed by atoms with Crippen LogP contribution in [0.25, 0.3) is 0 Å². The Labute approximate surface area is 191 Å². The molecule has 0 amide bonds. The predicted molar refractivity (Wildman–Crippen MR) is 125 cm³/mol. The fourth-order valence-corrected chi connectivity index (χ4v) is 3.70. The highest BCUT2D eigenvalue weighted by Crippen LogP contribution is 2.28. The summed E-state index contributed by atoms with van der Waals surface area (Å²) in [4.78, 5) is 6.79. The van der Waals surface area contributed by atoms with Crippen LogP contribution in [0.1, 0.15) is 16.7 Å². The van der Waals surface area contributed by atoms with E-state index in [2.05, 4.69) is 0 Å². The van der Waals surface area contributed by atoms with E-state index in [-0.39, 0.29) is 23.9 Å². The molecule has 0 spiro atoms. The van der Waals surface area contributed by atoms with Crippen LogP contribution < -0.4 is 4.74 Å². The molecule has 3 aromatic carbocycles. The summed E-state index contributed by atoms with van der Waals surface area (Å²) in [6, 6.07) is 17.8. The third-order valence-corrected chi connectivity index (χ3v) is 5.28.